The molecule has 0 bridgehead atoms. The second kappa shape index (κ2) is 8.38. The number of benzene rings is 1. The molecule has 9 nitrogen and oxygen atoms in total. The Kier molecular flexibility index (Phi) is 6.23. The molecule has 1 aliphatic heterocycles. The lowest BCUT2D eigenvalue weighted by Crippen LogP contribution is -2.34. The average Bonchev–Trinajstić information content (AvgIpc) is 2.86. The van der Waals surface area contributed by atoms with Crippen molar-refractivity contribution in [3.05, 3.63) is 39.9 Å². The van der Waals surface area contributed by atoms with Crippen molar-refractivity contribution in [1.29, 1.82) is 0 Å². The van der Waals surface area contributed by atoms with Gasteiger partial charge in [0.05, 0.1) is 11.1 Å². The van der Waals surface area contributed by atoms with Gasteiger partial charge in [0.15, 0.2) is 5.17 Å². The van der Waals surface area contributed by atoms with Gasteiger partial charge in [-0.15, -0.1) is 5.10 Å². The van der Waals surface area contributed by atoms with Gasteiger partial charge < -0.3 is 10.6 Å². The van der Waals surface area contributed by atoms with Crippen LogP contribution >= 0.6 is 11.8 Å². The van der Waals surface area contributed by atoms with Crippen molar-refractivity contribution < 1.29 is 14.5 Å². The van der Waals surface area contributed by atoms with E-state index in [0.29, 0.717) is 10.7 Å². The first-order valence-corrected chi connectivity index (χ1v) is 8.35. The first-order valence-electron chi connectivity index (χ1n) is 7.47. The molecule has 1 aromatic rings. The van der Waals surface area contributed by atoms with E-state index in [0.717, 1.165) is 11.8 Å². The summed E-state index contributed by atoms with van der Waals surface area (Å²) < 4.78 is 0. The summed E-state index contributed by atoms with van der Waals surface area (Å²) in [4.78, 5) is 33.6. The zero-order chi connectivity index (χ0) is 18.4. The van der Waals surface area contributed by atoms with Gasteiger partial charge in [-0.3, -0.25) is 19.7 Å². The summed E-state index contributed by atoms with van der Waals surface area (Å²) in [6, 6.07) is 5.83. The fourth-order valence-electron chi connectivity index (χ4n) is 1.97. The minimum atomic E-state index is -0.535. The third kappa shape index (κ3) is 5.68. The van der Waals surface area contributed by atoms with E-state index in [-0.39, 0.29) is 30.0 Å². The minimum Gasteiger partial charge on any atom is -0.354 e. The lowest BCUT2D eigenvalue weighted by atomic mass is 10.2. The highest BCUT2D eigenvalue weighted by atomic mass is 32.2. The van der Waals surface area contributed by atoms with Crippen LogP contribution in [0.2, 0.25) is 0 Å². The molecule has 0 aliphatic carbocycles. The van der Waals surface area contributed by atoms with Crippen LogP contribution in [0.25, 0.3) is 0 Å². The number of nitrogens with zero attached hydrogens (tertiary/aromatic N) is 3. The largest absolute Gasteiger partial charge is 0.354 e. The summed E-state index contributed by atoms with van der Waals surface area (Å²) in [5.74, 6) is -0.480. The Labute approximate surface area is 148 Å². The van der Waals surface area contributed by atoms with Gasteiger partial charge in [0.2, 0.25) is 11.8 Å². The molecule has 1 aromatic carbocycles. The number of non-ortho nitro benzene ring substituents is 1. The molecule has 0 radical (unpaired) electrons. The Hall–Kier alpha value is -2.75. The van der Waals surface area contributed by atoms with Crippen LogP contribution in [0.3, 0.4) is 0 Å². The van der Waals surface area contributed by atoms with Crippen molar-refractivity contribution in [3.63, 3.8) is 0 Å². The van der Waals surface area contributed by atoms with Gasteiger partial charge in [-0.25, -0.2) is 0 Å². The molecule has 0 unspecified atom stereocenters. The van der Waals surface area contributed by atoms with E-state index in [4.69, 9.17) is 0 Å². The van der Waals surface area contributed by atoms with Gasteiger partial charge in [0.25, 0.3) is 5.69 Å². The van der Waals surface area contributed by atoms with Crippen molar-refractivity contribution in [2.45, 2.75) is 31.6 Å². The molecular formula is C15H17N5O4S. The first kappa shape index (κ1) is 18.6. The van der Waals surface area contributed by atoms with Gasteiger partial charge in [0.1, 0.15) is 5.25 Å². The van der Waals surface area contributed by atoms with Crippen LogP contribution in [-0.4, -0.2) is 39.4 Å². The van der Waals surface area contributed by atoms with Crippen LogP contribution in [0.5, 0.6) is 0 Å². The highest BCUT2D eigenvalue weighted by Gasteiger charge is 2.32. The number of nitrogens with one attached hydrogen (secondary N) is 2. The summed E-state index contributed by atoms with van der Waals surface area (Å²) in [6.07, 6.45) is 1.49. The normalized spacial score (nSPS) is 18.8. The number of carbonyl (C=O) groups is 2. The van der Waals surface area contributed by atoms with E-state index < -0.39 is 10.2 Å². The number of hydrogen-bond acceptors (Lipinski definition) is 7. The molecule has 0 aromatic heterocycles. The maximum absolute atomic E-state index is 11.8. The Morgan fingerprint density at radius 3 is 2.72 bits per heavy atom. The molecule has 1 heterocycles. The molecule has 0 spiro atoms. The second-order valence-corrected chi connectivity index (χ2v) is 6.71. The standard InChI is InChI=1S/C15H17N5O4S/c1-9(2)17-13(21)7-12-14(22)18-15(25-12)19-16-8-10-3-5-11(6-4-10)20(23)24/h3-6,8-9,12H,7H2,1-2H3,(H,17,21)(H,18,19,22)/b16-8-/t12-/m1/s1. The van der Waals surface area contributed by atoms with Crippen LogP contribution in [0.15, 0.2) is 34.5 Å². The minimum absolute atomic E-state index is 0.00964. The molecule has 25 heavy (non-hydrogen) atoms. The first-order chi connectivity index (χ1) is 11.8. The van der Waals surface area contributed by atoms with Gasteiger partial charge >= 0.3 is 0 Å². The lowest BCUT2D eigenvalue weighted by molar-refractivity contribution is -0.384. The Balaban J connectivity index is 1.92. The van der Waals surface area contributed by atoms with E-state index in [1.807, 2.05) is 13.8 Å². The van der Waals surface area contributed by atoms with Crippen molar-refractivity contribution in [3.8, 4) is 0 Å². The van der Waals surface area contributed by atoms with Crippen LogP contribution in [0.1, 0.15) is 25.8 Å². The number of thioether (sulfide) groups is 1. The lowest BCUT2D eigenvalue weighted by Gasteiger charge is -2.09. The van der Waals surface area contributed by atoms with Crippen LogP contribution in [-0.2, 0) is 9.59 Å². The van der Waals surface area contributed by atoms with Crippen molar-refractivity contribution >= 4 is 40.6 Å². The zero-order valence-corrected chi connectivity index (χ0v) is 14.4. The molecular weight excluding hydrogens is 346 g/mol. The molecule has 1 fully saturated rings. The summed E-state index contributed by atoms with van der Waals surface area (Å²) in [6.45, 7) is 3.69. The SMILES string of the molecule is CC(C)NC(=O)C[C@H]1S/C(=N/N=C\c2ccc([N+](=O)[O-])cc2)NC1=O. The maximum Gasteiger partial charge on any atom is 0.269 e. The Morgan fingerprint density at radius 2 is 2.12 bits per heavy atom. The number of amides is 2. The van der Waals surface area contributed by atoms with E-state index in [1.54, 1.807) is 12.1 Å². The van der Waals surface area contributed by atoms with Gasteiger partial charge in [-0.05, 0) is 31.5 Å². The van der Waals surface area contributed by atoms with E-state index in [2.05, 4.69) is 20.8 Å². The van der Waals surface area contributed by atoms with Crippen LogP contribution < -0.4 is 10.6 Å². The van der Waals surface area contributed by atoms with Gasteiger partial charge in [-0.2, -0.15) is 5.10 Å². The summed E-state index contributed by atoms with van der Waals surface area (Å²) in [7, 11) is 0. The third-order valence-electron chi connectivity index (χ3n) is 3.06. The highest BCUT2D eigenvalue weighted by molar-refractivity contribution is 8.15. The Morgan fingerprint density at radius 1 is 1.44 bits per heavy atom. The molecule has 132 valence electrons. The molecule has 1 saturated heterocycles. The number of amidine groups is 1. The van der Waals surface area contributed by atoms with E-state index >= 15 is 0 Å². The maximum atomic E-state index is 11.8. The third-order valence-corrected chi connectivity index (χ3v) is 4.13. The molecule has 0 saturated carbocycles. The fourth-order valence-corrected chi connectivity index (χ4v) is 2.89. The van der Waals surface area contributed by atoms with Crippen molar-refractivity contribution in [2.75, 3.05) is 0 Å². The molecule has 2 amide bonds. The second-order valence-electron chi connectivity index (χ2n) is 5.52. The predicted molar refractivity (Wildman–Crippen MR) is 95.5 cm³/mol. The zero-order valence-electron chi connectivity index (χ0n) is 13.6. The van der Waals surface area contributed by atoms with Crippen LogP contribution in [0.4, 0.5) is 5.69 Å². The predicted octanol–water partition coefficient (Wildman–Crippen LogP) is 1.43. The number of carbonyl (C=O) groups excluding carboxylic acids is 2. The summed E-state index contributed by atoms with van der Waals surface area (Å²) >= 11 is 1.14. The van der Waals surface area contributed by atoms with E-state index in [9.17, 15) is 19.7 Å². The van der Waals surface area contributed by atoms with Crippen molar-refractivity contribution in [1.82, 2.24) is 10.6 Å². The van der Waals surface area contributed by atoms with Gasteiger partial charge in [-0.1, -0.05) is 11.8 Å². The summed E-state index contributed by atoms with van der Waals surface area (Å²) in [5, 5.41) is 23.4. The quantitative estimate of drug-likeness (QED) is 0.449. The van der Waals surface area contributed by atoms with Crippen LogP contribution in [0, 0.1) is 10.1 Å². The monoisotopic (exact) mass is 363 g/mol. The number of nitro benzene ring substituents is 1. The molecule has 1 atom stereocenters. The topological polar surface area (TPSA) is 126 Å². The molecule has 10 heteroatoms. The molecule has 2 rings (SSSR count). The smallest absolute Gasteiger partial charge is 0.269 e. The summed E-state index contributed by atoms with van der Waals surface area (Å²) in [5.41, 5.74) is 0.627. The number of nitro groups is 1. The fraction of sp³-hybridized carbons (Fsp3) is 0.333. The number of hydrogen-bond donors (Lipinski definition) is 2. The average molecular weight is 363 g/mol. The van der Waals surface area contributed by atoms with Gasteiger partial charge in [0, 0.05) is 24.6 Å². The van der Waals surface area contributed by atoms with Crippen molar-refractivity contribution in [2.24, 2.45) is 10.2 Å². The molecule has 1 aliphatic rings. The Bertz CT molecular complexity index is 730. The molecule has 2 N–H and O–H groups in total. The number of rotatable bonds is 6. The van der Waals surface area contributed by atoms with E-state index in [1.165, 1.54) is 18.3 Å². The highest BCUT2D eigenvalue weighted by Crippen LogP contribution is 2.22.